The van der Waals surface area contributed by atoms with E-state index in [0.29, 0.717) is 6.54 Å². The Morgan fingerprint density at radius 1 is 1.05 bits per heavy atom. The molecular weight excluding hydrogens is 276 g/mol. The van der Waals surface area contributed by atoms with Gasteiger partial charge in [0.1, 0.15) is 5.75 Å². The fourth-order valence-electron chi connectivity index (χ4n) is 1.76. The number of ether oxygens (including phenoxy) is 1. The second-order valence-corrected chi connectivity index (χ2v) is 4.45. The summed E-state index contributed by atoms with van der Waals surface area (Å²) in [6.07, 6.45) is 0.720. The van der Waals surface area contributed by atoms with E-state index in [1.165, 1.54) is 6.07 Å². The molecule has 0 saturated heterocycles. The smallest absolute Gasteiger partial charge is 0.257 e. The molecule has 0 spiro atoms. The lowest BCUT2D eigenvalue weighted by Crippen LogP contribution is -2.30. The van der Waals surface area contributed by atoms with Crippen molar-refractivity contribution in [1.29, 1.82) is 0 Å². The third-order valence-electron chi connectivity index (χ3n) is 2.84. The van der Waals surface area contributed by atoms with E-state index in [4.69, 9.17) is 4.74 Å². The van der Waals surface area contributed by atoms with Crippen LogP contribution in [0.4, 0.5) is 8.78 Å². The molecule has 1 N–H and O–H groups in total. The lowest BCUT2D eigenvalue weighted by molar-refractivity contribution is -0.123. The minimum Gasteiger partial charge on any atom is -0.484 e. The third-order valence-corrected chi connectivity index (χ3v) is 2.84. The van der Waals surface area contributed by atoms with Gasteiger partial charge in [-0.2, -0.15) is 0 Å². The Hall–Kier alpha value is -2.43. The molecular formula is C16H15F2NO2. The van der Waals surface area contributed by atoms with Gasteiger partial charge in [-0.1, -0.05) is 30.3 Å². The van der Waals surface area contributed by atoms with Gasteiger partial charge < -0.3 is 10.1 Å². The summed E-state index contributed by atoms with van der Waals surface area (Å²) in [7, 11) is 0. The number of rotatable bonds is 6. The molecule has 5 heteroatoms. The lowest BCUT2D eigenvalue weighted by atomic mass is 10.1. The SMILES string of the molecule is O=C(COc1ccc(F)c(F)c1)NCCc1ccccc1. The molecule has 0 radical (unpaired) electrons. The molecule has 21 heavy (non-hydrogen) atoms. The predicted molar refractivity (Wildman–Crippen MR) is 75.0 cm³/mol. The van der Waals surface area contributed by atoms with E-state index in [-0.39, 0.29) is 18.3 Å². The first kappa shape index (κ1) is 15.0. The predicted octanol–water partition coefficient (Wildman–Crippen LogP) is 2.70. The summed E-state index contributed by atoms with van der Waals surface area (Å²) in [4.78, 5) is 11.6. The Bertz CT molecular complexity index is 602. The molecule has 0 fully saturated rings. The van der Waals surface area contributed by atoms with Crippen LogP contribution >= 0.6 is 0 Å². The summed E-state index contributed by atoms with van der Waals surface area (Å²) in [5, 5.41) is 2.70. The zero-order valence-corrected chi connectivity index (χ0v) is 11.3. The van der Waals surface area contributed by atoms with Crippen molar-refractivity contribution < 1.29 is 18.3 Å². The summed E-state index contributed by atoms with van der Waals surface area (Å²) in [6, 6.07) is 12.9. The number of carbonyl (C=O) groups excluding carboxylic acids is 1. The summed E-state index contributed by atoms with van der Waals surface area (Å²) in [5.74, 6) is -2.14. The molecule has 0 heterocycles. The highest BCUT2D eigenvalue weighted by atomic mass is 19.2. The zero-order valence-electron chi connectivity index (χ0n) is 11.3. The molecule has 0 atom stereocenters. The van der Waals surface area contributed by atoms with Gasteiger partial charge in [0, 0.05) is 12.6 Å². The molecule has 0 bridgehead atoms. The molecule has 0 unspecified atom stereocenters. The maximum absolute atomic E-state index is 12.9. The van der Waals surface area contributed by atoms with Crippen molar-refractivity contribution in [2.45, 2.75) is 6.42 Å². The Labute approximate surface area is 121 Å². The largest absolute Gasteiger partial charge is 0.484 e. The number of hydrogen-bond donors (Lipinski definition) is 1. The van der Waals surface area contributed by atoms with E-state index in [1.807, 2.05) is 30.3 Å². The van der Waals surface area contributed by atoms with Crippen LogP contribution in [0.2, 0.25) is 0 Å². The Morgan fingerprint density at radius 2 is 1.81 bits per heavy atom. The van der Waals surface area contributed by atoms with Crippen molar-refractivity contribution in [2.24, 2.45) is 0 Å². The summed E-state index contributed by atoms with van der Waals surface area (Å²) >= 11 is 0. The van der Waals surface area contributed by atoms with Crippen LogP contribution in [-0.2, 0) is 11.2 Å². The van der Waals surface area contributed by atoms with E-state index in [2.05, 4.69) is 5.32 Å². The zero-order chi connectivity index (χ0) is 15.1. The van der Waals surface area contributed by atoms with Gasteiger partial charge >= 0.3 is 0 Å². The molecule has 2 aromatic rings. The highest BCUT2D eigenvalue weighted by Crippen LogP contribution is 2.15. The topological polar surface area (TPSA) is 38.3 Å². The molecule has 1 amide bonds. The van der Waals surface area contributed by atoms with Gasteiger partial charge in [0.2, 0.25) is 0 Å². The molecule has 110 valence electrons. The average Bonchev–Trinajstić information content (AvgIpc) is 2.49. The van der Waals surface area contributed by atoms with E-state index in [1.54, 1.807) is 0 Å². The van der Waals surface area contributed by atoms with Gasteiger partial charge in [-0.15, -0.1) is 0 Å². The van der Waals surface area contributed by atoms with Crippen LogP contribution in [-0.4, -0.2) is 19.1 Å². The fourth-order valence-corrected chi connectivity index (χ4v) is 1.76. The van der Waals surface area contributed by atoms with Crippen LogP contribution in [0, 0.1) is 11.6 Å². The van der Waals surface area contributed by atoms with Crippen LogP contribution < -0.4 is 10.1 Å². The number of amides is 1. The highest BCUT2D eigenvalue weighted by Gasteiger charge is 2.06. The van der Waals surface area contributed by atoms with Gasteiger partial charge in [-0.05, 0) is 24.1 Å². The van der Waals surface area contributed by atoms with Crippen molar-refractivity contribution >= 4 is 5.91 Å². The minimum atomic E-state index is -1.00. The second kappa shape index (κ2) is 7.38. The first-order valence-corrected chi connectivity index (χ1v) is 6.53. The minimum absolute atomic E-state index is 0.118. The first-order valence-electron chi connectivity index (χ1n) is 6.53. The molecule has 3 nitrogen and oxygen atoms in total. The first-order chi connectivity index (χ1) is 10.1. The average molecular weight is 291 g/mol. The highest BCUT2D eigenvalue weighted by molar-refractivity contribution is 5.77. The molecule has 0 saturated carbocycles. The summed E-state index contributed by atoms with van der Waals surface area (Å²) in [5.41, 5.74) is 1.12. The number of hydrogen-bond acceptors (Lipinski definition) is 2. The van der Waals surface area contributed by atoms with Crippen LogP contribution in [0.5, 0.6) is 5.75 Å². The van der Waals surface area contributed by atoms with Crippen LogP contribution in [0.25, 0.3) is 0 Å². The lowest BCUT2D eigenvalue weighted by Gasteiger charge is -2.08. The molecule has 0 aliphatic heterocycles. The Kier molecular flexibility index (Phi) is 5.26. The molecule has 0 aliphatic rings. The van der Waals surface area contributed by atoms with Crippen molar-refractivity contribution in [2.75, 3.05) is 13.2 Å². The van der Waals surface area contributed by atoms with Crippen molar-refractivity contribution in [3.63, 3.8) is 0 Å². The number of benzene rings is 2. The normalized spacial score (nSPS) is 10.2. The number of halogens is 2. The monoisotopic (exact) mass is 291 g/mol. The Balaban J connectivity index is 1.71. The van der Waals surface area contributed by atoms with E-state index in [0.717, 1.165) is 24.1 Å². The second-order valence-electron chi connectivity index (χ2n) is 4.45. The van der Waals surface area contributed by atoms with Crippen molar-refractivity contribution in [1.82, 2.24) is 5.32 Å². The van der Waals surface area contributed by atoms with Gasteiger partial charge in [-0.3, -0.25) is 4.79 Å². The maximum atomic E-state index is 12.9. The van der Waals surface area contributed by atoms with Gasteiger partial charge in [0.05, 0.1) is 0 Å². The van der Waals surface area contributed by atoms with Gasteiger partial charge in [-0.25, -0.2) is 8.78 Å². The number of nitrogens with one attached hydrogen (secondary N) is 1. The molecule has 2 rings (SSSR count). The third kappa shape index (κ3) is 4.87. The van der Waals surface area contributed by atoms with Crippen LogP contribution in [0.1, 0.15) is 5.56 Å². The van der Waals surface area contributed by atoms with Crippen LogP contribution in [0.3, 0.4) is 0 Å². The van der Waals surface area contributed by atoms with Gasteiger partial charge in [0.15, 0.2) is 18.2 Å². The maximum Gasteiger partial charge on any atom is 0.257 e. The Morgan fingerprint density at radius 3 is 2.52 bits per heavy atom. The quantitative estimate of drug-likeness (QED) is 0.888. The summed E-state index contributed by atoms with van der Waals surface area (Å²) < 4.78 is 30.7. The molecule has 0 aromatic heterocycles. The molecule has 0 aliphatic carbocycles. The van der Waals surface area contributed by atoms with Crippen LogP contribution in [0.15, 0.2) is 48.5 Å². The molecule has 2 aromatic carbocycles. The van der Waals surface area contributed by atoms with E-state index < -0.39 is 11.6 Å². The van der Waals surface area contributed by atoms with Gasteiger partial charge in [0.25, 0.3) is 5.91 Å². The standard InChI is InChI=1S/C16H15F2NO2/c17-14-7-6-13(10-15(14)18)21-11-16(20)19-9-8-12-4-2-1-3-5-12/h1-7,10H,8-9,11H2,(H,19,20). The fraction of sp³-hybridized carbons (Fsp3) is 0.188. The van der Waals surface area contributed by atoms with Crippen molar-refractivity contribution in [3.8, 4) is 5.75 Å². The van der Waals surface area contributed by atoms with Crippen molar-refractivity contribution in [3.05, 3.63) is 65.7 Å². The number of carbonyl (C=O) groups is 1. The van der Waals surface area contributed by atoms with E-state index in [9.17, 15) is 13.6 Å². The summed E-state index contributed by atoms with van der Waals surface area (Å²) in [6.45, 7) is 0.254. The van der Waals surface area contributed by atoms with E-state index >= 15 is 0 Å².